The van der Waals surface area contributed by atoms with Gasteiger partial charge in [0.15, 0.2) is 11.5 Å². The van der Waals surface area contributed by atoms with E-state index in [1.807, 2.05) is 6.92 Å². The second kappa shape index (κ2) is 7.26. The van der Waals surface area contributed by atoms with Gasteiger partial charge in [0.2, 0.25) is 0 Å². The smallest absolute Gasteiger partial charge is 0.354 e. The van der Waals surface area contributed by atoms with Crippen molar-refractivity contribution in [1.82, 2.24) is 9.97 Å². The molecule has 0 unspecified atom stereocenters. The number of nitrogens with zero attached hydrogens (tertiary/aromatic N) is 2. The number of carboxylic acids is 1. The van der Waals surface area contributed by atoms with Crippen LogP contribution < -0.4 is 14.8 Å². The lowest BCUT2D eigenvalue weighted by molar-refractivity contribution is 0.0689. The van der Waals surface area contributed by atoms with Crippen LogP contribution in [0.2, 0.25) is 0 Å². The highest BCUT2D eigenvalue weighted by molar-refractivity contribution is 5.86. The van der Waals surface area contributed by atoms with E-state index >= 15 is 0 Å². The number of carbonyl (C=O) groups is 1. The van der Waals surface area contributed by atoms with Crippen LogP contribution in [0, 0.1) is 0 Å². The van der Waals surface area contributed by atoms with Crippen molar-refractivity contribution in [3.63, 3.8) is 0 Å². The Hall–Kier alpha value is -2.83. The van der Waals surface area contributed by atoms with E-state index in [0.717, 1.165) is 5.75 Å². The molecule has 7 heteroatoms. The number of aromatic nitrogens is 2. The molecule has 1 heterocycles. The first-order valence-corrected chi connectivity index (χ1v) is 6.74. The highest BCUT2D eigenvalue weighted by atomic mass is 16.5. The van der Waals surface area contributed by atoms with Gasteiger partial charge in [0.1, 0.15) is 23.9 Å². The van der Waals surface area contributed by atoms with E-state index in [4.69, 9.17) is 14.6 Å². The fourth-order valence-electron chi connectivity index (χ4n) is 1.76. The second-order valence-electron chi connectivity index (χ2n) is 4.35. The third kappa shape index (κ3) is 4.08. The minimum atomic E-state index is -1.10. The van der Waals surface area contributed by atoms with E-state index in [0.29, 0.717) is 23.9 Å². The summed E-state index contributed by atoms with van der Waals surface area (Å²) >= 11 is 0. The van der Waals surface area contributed by atoms with Crippen molar-refractivity contribution in [1.29, 1.82) is 0 Å². The maximum Gasteiger partial charge on any atom is 0.354 e. The number of methoxy groups -OCH3 is 1. The quantitative estimate of drug-likeness (QED) is 0.809. The molecule has 0 fully saturated rings. The molecule has 0 radical (unpaired) electrons. The number of rotatable bonds is 7. The summed E-state index contributed by atoms with van der Waals surface area (Å²) in [6.07, 6.45) is 0. The molecule has 0 aliphatic heterocycles. The van der Waals surface area contributed by atoms with Gasteiger partial charge in [-0.05, 0) is 31.2 Å². The summed E-state index contributed by atoms with van der Waals surface area (Å²) in [4.78, 5) is 19.3. The number of hydrogen-bond donors (Lipinski definition) is 2. The number of anilines is 1. The van der Waals surface area contributed by atoms with Crippen LogP contribution in [0.25, 0.3) is 0 Å². The maximum absolute atomic E-state index is 11.1. The van der Waals surface area contributed by atoms with E-state index in [-0.39, 0.29) is 12.3 Å². The van der Waals surface area contributed by atoms with E-state index in [2.05, 4.69) is 15.3 Å². The van der Waals surface area contributed by atoms with Crippen LogP contribution in [0.4, 0.5) is 5.82 Å². The van der Waals surface area contributed by atoms with Gasteiger partial charge in [0, 0.05) is 12.6 Å². The van der Waals surface area contributed by atoms with Crippen molar-refractivity contribution in [2.45, 2.75) is 13.5 Å². The summed E-state index contributed by atoms with van der Waals surface area (Å²) in [7, 11) is 1.59. The Balaban J connectivity index is 2.11. The summed E-state index contributed by atoms with van der Waals surface area (Å²) in [6.45, 7) is 2.61. The average molecular weight is 303 g/mol. The fraction of sp³-hybridized carbons (Fsp3) is 0.267. The van der Waals surface area contributed by atoms with Crippen LogP contribution in [-0.4, -0.2) is 34.7 Å². The molecule has 1 aromatic carbocycles. The fourth-order valence-corrected chi connectivity index (χ4v) is 1.76. The summed E-state index contributed by atoms with van der Waals surface area (Å²) in [6, 6.07) is 8.45. The second-order valence-corrected chi connectivity index (χ2v) is 4.35. The van der Waals surface area contributed by atoms with Crippen molar-refractivity contribution in [3.05, 3.63) is 41.9 Å². The first-order chi connectivity index (χ1) is 10.6. The normalized spacial score (nSPS) is 10.1. The van der Waals surface area contributed by atoms with Gasteiger partial charge in [0.25, 0.3) is 0 Å². The third-order valence-electron chi connectivity index (χ3n) is 2.78. The summed E-state index contributed by atoms with van der Waals surface area (Å²) in [5, 5.41) is 12.0. The van der Waals surface area contributed by atoms with Gasteiger partial charge in [-0.25, -0.2) is 14.8 Å². The zero-order chi connectivity index (χ0) is 15.9. The Bertz CT molecular complexity index is 644. The molecule has 7 nitrogen and oxygen atoms in total. The number of carboxylic acid groups (broad SMARTS) is 1. The minimum Gasteiger partial charge on any atom is -0.497 e. The molecule has 0 spiro atoms. The lowest BCUT2D eigenvalue weighted by atomic mass is 10.3. The zero-order valence-corrected chi connectivity index (χ0v) is 12.4. The largest absolute Gasteiger partial charge is 0.497 e. The molecule has 0 saturated heterocycles. The van der Waals surface area contributed by atoms with Crippen molar-refractivity contribution in [2.75, 3.05) is 19.0 Å². The van der Waals surface area contributed by atoms with Gasteiger partial charge in [-0.3, -0.25) is 0 Å². The standard InChI is InChI=1S/C15H17N3O4/c1-3-16-13-8-12(15(19)20)17-14(18-13)9-22-11-6-4-10(21-2)5-7-11/h4-8H,3,9H2,1-2H3,(H,19,20)(H,16,17,18). The van der Waals surface area contributed by atoms with Crippen LogP contribution in [0.15, 0.2) is 30.3 Å². The van der Waals surface area contributed by atoms with E-state index < -0.39 is 5.97 Å². The summed E-state index contributed by atoms with van der Waals surface area (Å²) < 4.78 is 10.6. The number of benzene rings is 1. The zero-order valence-electron chi connectivity index (χ0n) is 12.4. The van der Waals surface area contributed by atoms with Crippen molar-refractivity contribution in [3.8, 4) is 11.5 Å². The predicted molar refractivity (Wildman–Crippen MR) is 80.5 cm³/mol. The first kappa shape index (κ1) is 15.6. The predicted octanol–water partition coefficient (Wildman–Crippen LogP) is 2.19. The molecule has 2 rings (SSSR count). The first-order valence-electron chi connectivity index (χ1n) is 6.74. The number of nitrogens with one attached hydrogen (secondary N) is 1. The molecule has 0 amide bonds. The lowest BCUT2D eigenvalue weighted by Gasteiger charge is -2.09. The average Bonchev–Trinajstić information content (AvgIpc) is 2.53. The van der Waals surface area contributed by atoms with E-state index in [9.17, 15) is 4.79 Å². The molecular formula is C15H17N3O4. The Labute approximate surface area is 127 Å². The minimum absolute atomic E-state index is 0.0701. The third-order valence-corrected chi connectivity index (χ3v) is 2.78. The molecule has 116 valence electrons. The van der Waals surface area contributed by atoms with Gasteiger partial charge < -0.3 is 19.9 Å². The van der Waals surface area contributed by atoms with Crippen molar-refractivity contribution in [2.24, 2.45) is 0 Å². The Morgan fingerprint density at radius 2 is 1.91 bits per heavy atom. The van der Waals surface area contributed by atoms with E-state index in [1.54, 1.807) is 31.4 Å². The van der Waals surface area contributed by atoms with E-state index in [1.165, 1.54) is 6.07 Å². The highest BCUT2D eigenvalue weighted by Gasteiger charge is 2.10. The summed E-state index contributed by atoms with van der Waals surface area (Å²) in [5.41, 5.74) is -0.0701. The molecule has 0 aliphatic carbocycles. The van der Waals surface area contributed by atoms with Crippen LogP contribution in [-0.2, 0) is 6.61 Å². The molecule has 1 aromatic heterocycles. The van der Waals surface area contributed by atoms with Gasteiger partial charge in [-0.1, -0.05) is 0 Å². The molecule has 0 aliphatic rings. The van der Waals surface area contributed by atoms with Crippen LogP contribution in [0.5, 0.6) is 11.5 Å². The molecule has 2 N–H and O–H groups in total. The monoisotopic (exact) mass is 303 g/mol. The number of ether oxygens (including phenoxy) is 2. The number of hydrogen-bond acceptors (Lipinski definition) is 6. The maximum atomic E-state index is 11.1. The molecule has 0 atom stereocenters. The molecule has 2 aromatic rings. The van der Waals surface area contributed by atoms with Crippen LogP contribution >= 0.6 is 0 Å². The van der Waals surface area contributed by atoms with Gasteiger partial charge >= 0.3 is 5.97 Å². The SMILES string of the molecule is CCNc1cc(C(=O)O)nc(COc2ccc(OC)cc2)n1. The van der Waals surface area contributed by atoms with Crippen molar-refractivity contribution >= 4 is 11.8 Å². The van der Waals surface area contributed by atoms with Gasteiger partial charge in [-0.15, -0.1) is 0 Å². The number of aromatic carboxylic acids is 1. The van der Waals surface area contributed by atoms with Gasteiger partial charge in [-0.2, -0.15) is 0 Å². The topological polar surface area (TPSA) is 93.6 Å². The Kier molecular flexibility index (Phi) is 5.13. The van der Waals surface area contributed by atoms with Crippen molar-refractivity contribution < 1.29 is 19.4 Å². The van der Waals surface area contributed by atoms with Crippen LogP contribution in [0.1, 0.15) is 23.2 Å². The highest BCUT2D eigenvalue weighted by Crippen LogP contribution is 2.18. The lowest BCUT2D eigenvalue weighted by Crippen LogP contribution is -2.11. The van der Waals surface area contributed by atoms with Crippen LogP contribution in [0.3, 0.4) is 0 Å². The molecular weight excluding hydrogens is 286 g/mol. The molecule has 0 saturated carbocycles. The van der Waals surface area contributed by atoms with Gasteiger partial charge in [0.05, 0.1) is 7.11 Å². The summed E-state index contributed by atoms with van der Waals surface area (Å²) in [5.74, 6) is 1.00. The molecule has 22 heavy (non-hydrogen) atoms. The Morgan fingerprint density at radius 3 is 2.50 bits per heavy atom. The molecule has 0 bridgehead atoms. The Morgan fingerprint density at radius 1 is 1.23 bits per heavy atom.